The summed E-state index contributed by atoms with van der Waals surface area (Å²) in [6.07, 6.45) is 5.13. The van der Waals surface area contributed by atoms with Crippen LogP contribution in [-0.2, 0) is 16.0 Å². The molecule has 0 aliphatic heterocycles. The second kappa shape index (κ2) is 7.23. The molecule has 2 rings (SSSR count). The van der Waals surface area contributed by atoms with Crippen LogP contribution in [-0.4, -0.2) is 28.1 Å². The highest BCUT2D eigenvalue weighted by Gasteiger charge is 2.26. The lowest BCUT2D eigenvalue weighted by atomic mass is 9.94. The van der Waals surface area contributed by atoms with Crippen molar-refractivity contribution in [2.24, 2.45) is 5.73 Å². The van der Waals surface area contributed by atoms with Gasteiger partial charge in [0.1, 0.15) is 5.60 Å². The smallest absolute Gasteiger partial charge is 0.408 e. The van der Waals surface area contributed by atoms with E-state index in [0.29, 0.717) is 6.42 Å². The van der Waals surface area contributed by atoms with Crippen LogP contribution in [0, 0.1) is 0 Å². The van der Waals surface area contributed by atoms with E-state index in [1.165, 1.54) is 6.08 Å². The molecule has 0 spiro atoms. The first-order chi connectivity index (χ1) is 12.0. The third kappa shape index (κ3) is 5.37. The van der Waals surface area contributed by atoms with Crippen LogP contribution in [0.15, 0.2) is 30.5 Å². The molecule has 26 heavy (non-hydrogen) atoms. The van der Waals surface area contributed by atoms with Gasteiger partial charge < -0.3 is 20.8 Å². The minimum Gasteiger partial charge on any atom is -0.444 e. The lowest BCUT2D eigenvalue weighted by molar-refractivity contribution is -0.113. The summed E-state index contributed by atoms with van der Waals surface area (Å²) in [4.78, 5) is 26.3. The Bertz CT molecular complexity index is 842. The van der Waals surface area contributed by atoms with Gasteiger partial charge in [0.2, 0.25) is 5.91 Å². The second-order valence-corrected chi connectivity index (χ2v) is 8.01. The van der Waals surface area contributed by atoms with Crippen molar-refractivity contribution in [3.8, 4) is 0 Å². The first-order valence-corrected chi connectivity index (χ1v) is 8.54. The minimum absolute atomic E-state index is 0.438. The van der Waals surface area contributed by atoms with Crippen LogP contribution in [0.25, 0.3) is 17.0 Å². The molecule has 0 aliphatic rings. The van der Waals surface area contributed by atoms with Crippen molar-refractivity contribution in [1.82, 2.24) is 10.3 Å². The topological polar surface area (TPSA) is 97.2 Å². The van der Waals surface area contributed by atoms with E-state index in [9.17, 15) is 9.59 Å². The van der Waals surface area contributed by atoms with Gasteiger partial charge >= 0.3 is 6.09 Å². The third-order valence-electron chi connectivity index (χ3n) is 3.73. The fourth-order valence-electron chi connectivity index (χ4n) is 2.79. The molecule has 0 saturated carbocycles. The number of carbonyl (C=O) groups excluding carboxylic acids is 2. The molecule has 0 fully saturated rings. The first kappa shape index (κ1) is 19.6. The quantitative estimate of drug-likeness (QED) is 0.714. The molecule has 0 atom stereocenters. The number of para-hydroxylation sites is 1. The number of primary amides is 1. The molecule has 6 nitrogen and oxygen atoms in total. The van der Waals surface area contributed by atoms with Crippen molar-refractivity contribution in [2.45, 2.75) is 52.2 Å². The Morgan fingerprint density at radius 1 is 1.23 bits per heavy atom. The number of benzene rings is 1. The standard InChI is InChI=1S/C20H27N3O3/c1-19(2,3)26-18(25)23-20(4,5)11-14-12-22-17-13(9-10-16(21)24)7-6-8-15(14)17/h6-10,12,22H,11H2,1-5H3,(H2,21,24)(H,23,25). The van der Waals surface area contributed by atoms with Gasteiger partial charge in [-0.1, -0.05) is 18.2 Å². The number of fused-ring (bicyclic) bond motifs is 1. The Kier molecular flexibility index (Phi) is 5.44. The van der Waals surface area contributed by atoms with Crippen LogP contribution in [0.1, 0.15) is 45.7 Å². The highest BCUT2D eigenvalue weighted by molar-refractivity contribution is 5.95. The van der Waals surface area contributed by atoms with Crippen LogP contribution >= 0.6 is 0 Å². The van der Waals surface area contributed by atoms with Gasteiger partial charge in [-0.3, -0.25) is 4.79 Å². The number of aromatic nitrogens is 1. The molecule has 2 aromatic rings. The average Bonchev–Trinajstić information content (AvgIpc) is 2.85. The summed E-state index contributed by atoms with van der Waals surface area (Å²) in [5, 5.41) is 3.96. The molecule has 6 heteroatoms. The van der Waals surface area contributed by atoms with Gasteiger partial charge in [0, 0.05) is 23.2 Å². The van der Waals surface area contributed by atoms with Gasteiger partial charge in [0.05, 0.1) is 5.52 Å². The normalized spacial score (nSPS) is 12.5. The zero-order valence-corrected chi connectivity index (χ0v) is 16.0. The Morgan fingerprint density at radius 3 is 2.54 bits per heavy atom. The second-order valence-electron chi connectivity index (χ2n) is 8.01. The zero-order chi connectivity index (χ0) is 19.5. The summed E-state index contributed by atoms with van der Waals surface area (Å²) >= 11 is 0. The highest BCUT2D eigenvalue weighted by Crippen LogP contribution is 2.26. The Labute approximate surface area is 153 Å². The van der Waals surface area contributed by atoms with Crippen molar-refractivity contribution >= 4 is 29.0 Å². The summed E-state index contributed by atoms with van der Waals surface area (Å²) in [6, 6.07) is 5.84. The van der Waals surface area contributed by atoms with Crippen LogP contribution in [0.4, 0.5) is 4.79 Å². The van der Waals surface area contributed by atoms with Gasteiger partial charge in [-0.2, -0.15) is 0 Å². The number of H-pyrrole nitrogens is 1. The molecular formula is C20H27N3O3. The molecule has 2 amide bonds. The van der Waals surface area contributed by atoms with Crippen LogP contribution in [0.5, 0.6) is 0 Å². The molecular weight excluding hydrogens is 330 g/mol. The number of nitrogens with one attached hydrogen (secondary N) is 2. The number of hydrogen-bond donors (Lipinski definition) is 3. The molecule has 1 aromatic carbocycles. The summed E-state index contributed by atoms with van der Waals surface area (Å²) < 4.78 is 5.34. The Morgan fingerprint density at radius 2 is 1.92 bits per heavy atom. The molecule has 4 N–H and O–H groups in total. The largest absolute Gasteiger partial charge is 0.444 e. The van der Waals surface area contributed by atoms with Crippen LogP contribution in [0.2, 0.25) is 0 Å². The Hall–Kier alpha value is -2.76. The summed E-state index contributed by atoms with van der Waals surface area (Å²) in [7, 11) is 0. The number of ether oxygens (including phenoxy) is 1. The molecule has 0 radical (unpaired) electrons. The number of carbonyl (C=O) groups is 2. The predicted molar refractivity (Wildman–Crippen MR) is 104 cm³/mol. The molecule has 0 aliphatic carbocycles. The van der Waals surface area contributed by atoms with Crippen LogP contribution in [0.3, 0.4) is 0 Å². The number of hydrogen-bond acceptors (Lipinski definition) is 3. The van der Waals surface area contributed by atoms with Crippen molar-refractivity contribution in [1.29, 1.82) is 0 Å². The van der Waals surface area contributed by atoms with E-state index < -0.39 is 23.1 Å². The number of amides is 2. The van der Waals surface area contributed by atoms with Gasteiger partial charge in [-0.15, -0.1) is 0 Å². The van der Waals surface area contributed by atoms with Crippen LogP contribution < -0.4 is 11.1 Å². The van der Waals surface area contributed by atoms with E-state index >= 15 is 0 Å². The fraction of sp³-hybridized carbons (Fsp3) is 0.400. The van der Waals surface area contributed by atoms with Gasteiger partial charge in [0.25, 0.3) is 0 Å². The molecule has 0 bridgehead atoms. The lowest BCUT2D eigenvalue weighted by Crippen LogP contribution is -2.47. The van der Waals surface area contributed by atoms with Crippen molar-refractivity contribution < 1.29 is 14.3 Å². The maximum absolute atomic E-state index is 12.1. The minimum atomic E-state index is -0.539. The molecule has 1 heterocycles. The van der Waals surface area contributed by atoms with Gasteiger partial charge in [-0.25, -0.2) is 4.79 Å². The molecule has 140 valence electrons. The SMILES string of the molecule is CC(C)(Cc1c[nH]c2c(C=CC(N)=O)cccc12)NC(=O)OC(C)(C)C. The predicted octanol–water partition coefficient (Wildman–Crippen LogP) is 3.51. The average molecular weight is 357 g/mol. The number of aromatic amines is 1. The first-order valence-electron chi connectivity index (χ1n) is 8.54. The molecule has 0 saturated heterocycles. The van der Waals surface area contributed by atoms with E-state index in [-0.39, 0.29) is 0 Å². The number of nitrogens with two attached hydrogens (primary N) is 1. The van der Waals surface area contributed by atoms with Crippen molar-refractivity contribution in [3.63, 3.8) is 0 Å². The zero-order valence-electron chi connectivity index (χ0n) is 16.0. The number of alkyl carbamates (subject to hydrolysis) is 1. The summed E-state index contributed by atoms with van der Waals surface area (Å²) in [6.45, 7) is 9.40. The van der Waals surface area contributed by atoms with Crippen molar-refractivity contribution in [2.75, 3.05) is 0 Å². The van der Waals surface area contributed by atoms with Gasteiger partial charge in [-0.05, 0) is 58.2 Å². The Balaban J connectivity index is 2.21. The highest BCUT2D eigenvalue weighted by atomic mass is 16.6. The maximum atomic E-state index is 12.1. The fourth-order valence-corrected chi connectivity index (χ4v) is 2.79. The van der Waals surface area contributed by atoms with E-state index in [2.05, 4.69) is 10.3 Å². The van der Waals surface area contributed by atoms with E-state index in [1.54, 1.807) is 6.08 Å². The number of rotatable bonds is 5. The lowest BCUT2D eigenvalue weighted by Gasteiger charge is -2.28. The van der Waals surface area contributed by atoms with Crippen molar-refractivity contribution in [3.05, 3.63) is 41.6 Å². The molecule has 0 unspecified atom stereocenters. The maximum Gasteiger partial charge on any atom is 0.408 e. The third-order valence-corrected chi connectivity index (χ3v) is 3.73. The van der Waals surface area contributed by atoms with E-state index in [0.717, 1.165) is 22.0 Å². The molecule has 1 aromatic heterocycles. The van der Waals surface area contributed by atoms with Gasteiger partial charge in [0.15, 0.2) is 0 Å². The monoisotopic (exact) mass is 357 g/mol. The summed E-state index contributed by atoms with van der Waals surface area (Å²) in [5.74, 6) is -0.489. The summed E-state index contributed by atoms with van der Waals surface area (Å²) in [5.41, 5.74) is 7.02. The van der Waals surface area contributed by atoms with E-state index in [4.69, 9.17) is 10.5 Å². The van der Waals surface area contributed by atoms with E-state index in [1.807, 2.05) is 59.0 Å².